The van der Waals surface area contributed by atoms with Crippen LogP contribution in [0.4, 0.5) is 0 Å². The number of rotatable bonds is 5. The van der Waals surface area contributed by atoms with Crippen LogP contribution in [-0.2, 0) is 0 Å². The fourth-order valence-electron chi connectivity index (χ4n) is 1.51. The highest BCUT2D eigenvalue weighted by molar-refractivity contribution is 8.15. The molecule has 0 aromatic heterocycles. The lowest BCUT2D eigenvalue weighted by Crippen LogP contribution is -2.23. The third-order valence-electron chi connectivity index (χ3n) is 2.44. The van der Waals surface area contributed by atoms with Crippen LogP contribution in [-0.4, -0.2) is 41.2 Å². The van der Waals surface area contributed by atoms with Crippen LogP contribution in [0.1, 0.15) is 24.2 Å². The minimum atomic E-state index is -0.371. The summed E-state index contributed by atoms with van der Waals surface area (Å²) in [7, 11) is 1.55. The third-order valence-corrected chi connectivity index (χ3v) is 3.12. The molecule has 0 radical (unpaired) electrons. The van der Waals surface area contributed by atoms with E-state index >= 15 is 0 Å². The first-order valence-electron chi connectivity index (χ1n) is 6.06. The molecule has 0 saturated heterocycles. The van der Waals surface area contributed by atoms with E-state index in [0.29, 0.717) is 16.4 Å². The summed E-state index contributed by atoms with van der Waals surface area (Å²) in [5.74, 6) is 0.286. The molecule has 6 heteroatoms. The van der Waals surface area contributed by atoms with E-state index in [1.54, 1.807) is 37.6 Å². The largest absolute Gasteiger partial charge is 0.497 e. The number of methoxy groups -OCH3 is 1. The topological polar surface area (TPSA) is 71.2 Å². The van der Waals surface area contributed by atoms with Gasteiger partial charge < -0.3 is 9.94 Å². The minimum absolute atomic E-state index is 0.0119. The number of benzene rings is 1. The SMILES string of the molecule is COc1ccc(C(=O)/C(=N\O)C(=NC(C)C)SC)cc1. The fourth-order valence-corrected chi connectivity index (χ4v) is 2.15. The molecule has 1 rings (SSSR count). The van der Waals surface area contributed by atoms with Gasteiger partial charge in [0.15, 0.2) is 5.71 Å². The first-order chi connectivity index (χ1) is 9.53. The van der Waals surface area contributed by atoms with Crippen LogP contribution in [0.15, 0.2) is 34.4 Å². The summed E-state index contributed by atoms with van der Waals surface area (Å²) in [4.78, 5) is 16.6. The molecule has 0 spiro atoms. The van der Waals surface area contributed by atoms with Crippen molar-refractivity contribution >= 4 is 28.3 Å². The lowest BCUT2D eigenvalue weighted by atomic mass is 10.1. The lowest BCUT2D eigenvalue weighted by molar-refractivity contribution is 0.106. The highest BCUT2D eigenvalue weighted by atomic mass is 32.2. The number of carbonyl (C=O) groups excluding carboxylic acids is 1. The van der Waals surface area contributed by atoms with Gasteiger partial charge in [0.2, 0.25) is 5.78 Å². The van der Waals surface area contributed by atoms with Crippen LogP contribution in [0.5, 0.6) is 5.75 Å². The number of carbonyl (C=O) groups is 1. The number of thioether (sulfide) groups is 1. The van der Waals surface area contributed by atoms with E-state index in [1.165, 1.54) is 11.8 Å². The lowest BCUT2D eigenvalue weighted by Gasteiger charge is -2.07. The molecule has 0 aliphatic heterocycles. The molecule has 1 N–H and O–H groups in total. The summed E-state index contributed by atoms with van der Waals surface area (Å²) in [6, 6.07) is 6.62. The Morgan fingerprint density at radius 3 is 2.30 bits per heavy atom. The number of oxime groups is 1. The maximum Gasteiger partial charge on any atom is 0.217 e. The molecule has 20 heavy (non-hydrogen) atoms. The molecular formula is C14H18N2O3S. The molecule has 0 fully saturated rings. The van der Waals surface area contributed by atoms with Crippen molar-refractivity contribution in [2.75, 3.05) is 13.4 Å². The first-order valence-corrected chi connectivity index (χ1v) is 7.29. The Morgan fingerprint density at radius 2 is 1.90 bits per heavy atom. The van der Waals surface area contributed by atoms with Gasteiger partial charge >= 0.3 is 0 Å². The zero-order valence-electron chi connectivity index (χ0n) is 12.0. The van der Waals surface area contributed by atoms with E-state index in [0.717, 1.165) is 0 Å². The number of hydrogen-bond acceptors (Lipinski definition) is 6. The van der Waals surface area contributed by atoms with Gasteiger partial charge in [0.1, 0.15) is 10.8 Å². The predicted molar refractivity (Wildman–Crippen MR) is 82.6 cm³/mol. The van der Waals surface area contributed by atoms with Crippen LogP contribution >= 0.6 is 11.8 Å². The van der Waals surface area contributed by atoms with Gasteiger partial charge in [-0.25, -0.2) is 0 Å². The summed E-state index contributed by atoms with van der Waals surface area (Å²) in [6.45, 7) is 3.78. The highest BCUT2D eigenvalue weighted by Crippen LogP contribution is 2.14. The van der Waals surface area contributed by atoms with Crippen LogP contribution in [0.25, 0.3) is 0 Å². The standard InChI is InChI=1S/C14H18N2O3S/c1-9(2)15-14(20-4)12(16-18)13(17)10-5-7-11(19-3)8-6-10/h5-9,18H,1-4H3/b15-14?,16-12+. The number of ketones is 1. The van der Waals surface area contributed by atoms with Crippen molar-refractivity contribution in [3.05, 3.63) is 29.8 Å². The van der Waals surface area contributed by atoms with Crippen LogP contribution in [0.2, 0.25) is 0 Å². The Labute approximate surface area is 122 Å². The Bertz CT molecular complexity index is 522. The number of nitrogens with zero attached hydrogens (tertiary/aromatic N) is 2. The van der Waals surface area contributed by atoms with Gasteiger partial charge in [-0.3, -0.25) is 9.79 Å². The van der Waals surface area contributed by atoms with E-state index in [1.807, 2.05) is 13.8 Å². The van der Waals surface area contributed by atoms with Crippen molar-refractivity contribution in [3.8, 4) is 5.75 Å². The quantitative estimate of drug-likeness (QED) is 0.298. The molecule has 0 heterocycles. The van der Waals surface area contributed by atoms with E-state index in [4.69, 9.17) is 9.94 Å². The zero-order chi connectivity index (χ0) is 15.1. The van der Waals surface area contributed by atoms with Crippen LogP contribution in [0, 0.1) is 0 Å². The molecule has 0 bridgehead atoms. The van der Waals surface area contributed by atoms with E-state index in [2.05, 4.69) is 10.1 Å². The summed E-state index contributed by atoms with van der Waals surface area (Å²) >= 11 is 1.28. The van der Waals surface area contributed by atoms with Gasteiger partial charge in [-0.2, -0.15) is 0 Å². The van der Waals surface area contributed by atoms with Gasteiger partial charge in [-0.1, -0.05) is 5.16 Å². The third kappa shape index (κ3) is 4.09. The van der Waals surface area contributed by atoms with E-state index < -0.39 is 0 Å². The molecule has 0 atom stereocenters. The summed E-state index contributed by atoms with van der Waals surface area (Å²) in [5, 5.41) is 12.7. The average molecular weight is 294 g/mol. The minimum Gasteiger partial charge on any atom is -0.497 e. The maximum atomic E-state index is 12.3. The number of ether oxygens (including phenoxy) is 1. The zero-order valence-corrected chi connectivity index (χ0v) is 12.8. The Hall–Kier alpha value is -1.82. The Morgan fingerprint density at radius 1 is 1.30 bits per heavy atom. The molecule has 0 amide bonds. The van der Waals surface area contributed by atoms with Gasteiger partial charge in [-0.05, 0) is 44.4 Å². The second-order valence-corrected chi connectivity index (χ2v) is 5.03. The Balaban J connectivity index is 3.08. The summed E-state index contributed by atoms with van der Waals surface area (Å²) in [5.41, 5.74) is 0.375. The van der Waals surface area contributed by atoms with E-state index in [-0.39, 0.29) is 17.5 Å². The van der Waals surface area contributed by atoms with E-state index in [9.17, 15) is 4.79 Å². The molecule has 0 unspecified atom stereocenters. The van der Waals surface area contributed by atoms with Gasteiger partial charge in [0.25, 0.3) is 0 Å². The fraction of sp³-hybridized carbons (Fsp3) is 0.357. The summed E-state index contributed by atoms with van der Waals surface area (Å²) < 4.78 is 5.04. The molecule has 5 nitrogen and oxygen atoms in total. The maximum absolute atomic E-state index is 12.3. The average Bonchev–Trinajstić information content (AvgIpc) is 2.46. The molecular weight excluding hydrogens is 276 g/mol. The molecule has 0 aliphatic rings. The number of hydrogen-bond donors (Lipinski definition) is 1. The van der Waals surface area contributed by atoms with Gasteiger partial charge in [0, 0.05) is 11.6 Å². The summed E-state index contributed by atoms with van der Waals surface area (Å²) in [6.07, 6.45) is 1.79. The molecule has 0 aliphatic carbocycles. The number of Topliss-reactive ketones (excluding diaryl/α,β-unsaturated/α-hetero) is 1. The van der Waals surface area contributed by atoms with Crippen molar-refractivity contribution in [3.63, 3.8) is 0 Å². The van der Waals surface area contributed by atoms with Crippen molar-refractivity contribution in [2.45, 2.75) is 19.9 Å². The Kier molecular flexibility index (Phi) is 6.24. The van der Waals surface area contributed by atoms with Crippen molar-refractivity contribution in [1.29, 1.82) is 0 Å². The van der Waals surface area contributed by atoms with Crippen molar-refractivity contribution in [1.82, 2.24) is 0 Å². The second kappa shape index (κ2) is 7.69. The van der Waals surface area contributed by atoms with Gasteiger partial charge in [0.05, 0.1) is 7.11 Å². The number of aliphatic imine (C=N–C) groups is 1. The van der Waals surface area contributed by atoms with Crippen LogP contribution in [0.3, 0.4) is 0 Å². The second-order valence-electron chi connectivity index (χ2n) is 4.24. The molecule has 1 aromatic carbocycles. The van der Waals surface area contributed by atoms with Gasteiger partial charge in [-0.15, -0.1) is 11.8 Å². The molecule has 1 aromatic rings. The molecule has 108 valence electrons. The predicted octanol–water partition coefficient (Wildman–Crippen LogP) is 2.88. The first kappa shape index (κ1) is 16.2. The highest BCUT2D eigenvalue weighted by Gasteiger charge is 2.20. The van der Waals surface area contributed by atoms with Crippen molar-refractivity contribution in [2.24, 2.45) is 10.1 Å². The monoisotopic (exact) mass is 294 g/mol. The van der Waals surface area contributed by atoms with Crippen molar-refractivity contribution < 1.29 is 14.7 Å². The normalized spacial score (nSPS) is 12.7. The smallest absolute Gasteiger partial charge is 0.217 e. The van der Waals surface area contributed by atoms with Crippen LogP contribution < -0.4 is 4.74 Å². The molecule has 0 saturated carbocycles.